The van der Waals surface area contributed by atoms with E-state index in [9.17, 15) is 20.2 Å². The Labute approximate surface area is 274 Å². The van der Waals surface area contributed by atoms with Crippen LogP contribution in [0.3, 0.4) is 0 Å². The molecule has 0 spiro atoms. The summed E-state index contributed by atoms with van der Waals surface area (Å²) < 4.78 is 17.7. The van der Waals surface area contributed by atoms with Crippen LogP contribution in [0.1, 0.15) is 168 Å². The number of cyclic esters (lactones) is 1. The maximum Gasteiger partial charge on any atom is 0.334 e. The van der Waals surface area contributed by atoms with E-state index >= 15 is 0 Å². The minimum absolute atomic E-state index is 0.0135. The minimum Gasteiger partial charge on any atom is -0.455 e. The normalized spacial score (nSPS) is 27.1. The minimum atomic E-state index is -0.477. The summed E-state index contributed by atoms with van der Waals surface area (Å²) >= 11 is 0. The number of carbonyl (C=O) groups is 1. The lowest BCUT2D eigenvalue weighted by atomic mass is 9.99. The second kappa shape index (κ2) is 22.5. The number of hydrogen-bond donors (Lipinski definition) is 4. The highest BCUT2D eigenvalue weighted by Crippen LogP contribution is 2.34. The number of ether oxygens (including phenoxy) is 3. The first-order valence-corrected chi connectivity index (χ1v) is 18.9. The average molecular weight is 638 g/mol. The lowest BCUT2D eigenvalue weighted by Gasteiger charge is -2.24. The van der Waals surface area contributed by atoms with Gasteiger partial charge in [-0.1, -0.05) is 90.4 Å². The van der Waals surface area contributed by atoms with Gasteiger partial charge in [-0.05, 0) is 83.6 Å². The van der Waals surface area contributed by atoms with Crippen molar-refractivity contribution in [2.75, 3.05) is 0 Å². The number of carbonyl (C=O) groups excluding carboxylic acids is 1. The van der Waals surface area contributed by atoms with Crippen LogP contribution < -0.4 is 5.48 Å². The highest BCUT2D eigenvalue weighted by molar-refractivity contribution is 5.90. The zero-order valence-electron chi connectivity index (χ0n) is 28.6. The lowest BCUT2D eigenvalue weighted by molar-refractivity contribution is -0.139. The SMILES string of the molecule is CCCCCC[C@H](CCC[C@H](O)[C@H]1CC[C@H]([C@H]2CC[C@H]([C@H](O)CCCCCCCCCCCCC3=C[C@H](C)OC3=O)O2)O1)NO. The Hall–Kier alpha value is -1.03. The van der Waals surface area contributed by atoms with E-state index in [0.29, 0.717) is 6.42 Å². The molecule has 8 heteroatoms. The zero-order valence-corrected chi connectivity index (χ0v) is 28.6. The van der Waals surface area contributed by atoms with Gasteiger partial charge in [-0.3, -0.25) is 0 Å². The van der Waals surface area contributed by atoms with Crippen LogP contribution in [0.2, 0.25) is 0 Å². The van der Waals surface area contributed by atoms with Crippen molar-refractivity contribution in [3.05, 3.63) is 11.6 Å². The van der Waals surface area contributed by atoms with Crippen molar-refractivity contribution >= 4 is 5.97 Å². The maximum absolute atomic E-state index is 11.6. The Morgan fingerprint density at radius 2 is 1.20 bits per heavy atom. The van der Waals surface area contributed by atoms with Crippen molar-refractivity contribution in [3.63, 3.8) is 0 Å². The number of rotatable bonds is 26. The third-order valence-corrected chi connectivity index (χ3v) is 10.3. The Balaban J connectivity index is 1.14. The van der Waals surface area contributed by atoms with Crippen molar-refractivity contribution < 1.29 is 34.4 Å². The van der Waals surface area contributed by atoms with Crippen LogP contribution >= 0.6 is 0 Å². The van der Waals surface area contributed by atoms with Crippen LogP contribution in [0.4, 0.5) is 0 Å². The average Bonchev–Trinajstić information content (AvgIpc) is 3.79. The Morgan fingerprint density at radius 3 is 1.73 bits per heavy atom. The Morgan fingerprint density at radius 1 is 0.711 bits per heavy atom. The van der Waals surface area contributed by atoms with Crippen LogP contribution in [0.15, 0.2) is 11.6 Å². The number of esters is 1. The van der Waals surface area contributed by atoms with Crippen LogP contribution in [0.5, 0.6) is 0 Å². The molecule has 3 aliphatic rings. The molecule has 0 bridgehead atoms. The molecule has 0 amide bonds. The summed E-state index contributed by atoms with van der Waals surface area (Å²) in [6.07, 6.45) is 26.2. The largest absolute Gasteiger partial charge is 0.455 e. The first-order chi connectivity index (χ1) is 21.9. The van der Waals surface area contributed by atoms with Crippen molar-refractivity contribution in [3.8, 4) is 0 Å². The molecule has 45 heavy (non-hydrogen) atoms. The fraction of sp³-hybridized carbons (Fsp3) is 0.919. The number of nitrogens with one attached hydrogen (secondary N) is 1. The summed E-state index contributed by atoms with van der Waals surface area (Å²) in [7, 11) is 0. The van der Waals surface area contributed by atoms with Crippen LogP contribution in [-0.2, 0) is 19.0 Å². The van der Waals surface area contributed by atoms with Crippen molar-refractivity contribution in [1.82, 2.24) is 5.48 Å². The fourth-order valence-corrected chi connectivity index (χ4v) is 7.43. The first kappa shape index (κ1) is 38.4. The quantitative estimate of drug-likeness (QED) is 0.0431. The zero-order chi connectivity index (χ0) is 32.3. The molecule has 3 aliphatic heterocycles. The summed E-state index contributed by atoms with van der Waals surface area (Å²) in [6, 6.07) is 0.105. The smallest absolute Gasteiger partial charge is 0.334 e. The van der Waals surface area contributed by atoms with Gasteiger partial charge in [-0.15, -0.1) is 0 Å². The standard InChI is InChI=1S/C37H67NO7/c1-3-4-5-15-19-30(38-42)20-17-22-32(40)34-24-26-36(45-34)35-25-23-33(44-35)31(39)21-16-13-11-9-7-6-8-10-12-14-18-29-27-28(2)43-37(29)41/h27-28,30-36,38-40,42H,3-26H2,1-2H3/t28-,30+,31+,32-,33+,34+,35+,36+/m0/s1. The molecule has 262 valence electrons. The van der Waals surface area contributed by atoms with Crippen molar-refractivity contribution in [2.45, 2.75) is 217 Å². The van der Waals surface area contributed by atoms with Gasteiger partial charge in [0.15, 0.2) is 0 Å². The maximum atomic E-state index is 11.6. The molecular weight excluding hydrogens is 570 g/mol. The van der Waals surface area contributed by atoms with Gasteiger partial charge in [0, 0.05) is 11.6 Å². The predicted molar refractivity (Wildman–Crippen MR) is 178 cm³/mol. The predicted octanol–water partition coefficient (Wildman–Crippen LogP) is 7.84. The summed E-state index contributed by atoms with van der Waals surface area (Å²) in [5.74, 6) is -0.124. The molecule has 0 aromatic rings. The molecule has 3 heterocycles. The molecule has 0 saturated carbocycles. The summed E-state index contributed by atoms with van der Waals surface area (Å²) in [5, 5.41) is 31.0. The van der Waals surface area contributed by atoms with Gasteiger partial charge in [0.2, 0.25) is 0 Å². The van der Waals surface area contributed by atoms with E-state index in [-0.39, 0.29) is 42.5 Å². The molecule has 0 unspecified atom stereocenters. The van der Waals surface area contributed by atoms with E-state index in [2.05, 4.69) is 12.4 Å². The number of hydrogen-bond acceptors (Lipinski definition) is 8. The Bertz CT molecular complexity index is 823. The highest BCUT2D eigenvalue weighted by Gasteiger charge is 2.40. The molecular formula is C37H67NO7. The van der Waals surface area contributed by atoms with E-state index in [1.807, 2.05) is 13.0 Å². The van der Waals surface area contributed by atoms with E-state index in [1.165, 1.54) is 64.2 Å². The van der Waals surface area contributed by atoms with Crippen LogP contribution in [-0.4, -0.2) is 70.2 Å². The molecule has 0 aliphatic carbocycles. The van der Waals surface area contributed by atoms with Gasteiger partial charge in [-0.25, -0.2) is 10.3 Å². The molecule has 8 nitrogen and oxygen atoms in total. The molecule has 2 fully saturated rings. The van der Waals surface area contributed by atoms with E-state index in [1.54, 1.807) is 0 Å². The van der Waals surface area contributed by atoms with Gasteiger partial charge in [0.25, 0.3) is 0 Å². The monoisotopic (exact) mass is 637 g/mol. The Kier molecular flexibility index (Phi) is 19.2. The molecule has 8 atom stereocenters. The summed E-state index contributed by atoms with van der Waals surface area (Å²) in [4.78, 5) is 11.6. The van der Waals surface area contributed by atoms with Gasteiger partial charge >= 0.3 is 5.97 Å². The van der Waals surface area contributed by atoms with Gasteiger partial charge in [0.1, 0.15) is 6.10 Å². The topological polar surface area (TPSA) is 117 Å². The summed E-state index contributed by atoms with van der Waals surface area (Å²) in [6.45, 7) is 4.11. The van der Waals surface area contributed by atoms with Crippen molar-refractivity contribution in [2.24, 2.45) is 0 Å². The van der Waals surface area contributed by atoms with Crippen LogP contribution in [0, 0.1) is 0 Å². The summed E-state index contributed by atoms with van der Waals surface area (Å²) in [5.41, 5.74) is 3.32. The van der Waals surface area contributed by atoms with E-state index in [4.69, 9.17) is 14.2 Å². The van der Waals surface area contributed by atoms with Gasteiger partial charge in [0.05, 0.1) is 36.6 Å². The molecule has 0 radical (unpaired) electrons. The second-order valence-corrected chi connectivity index (χ2v) is 14.2. The second-order valence-electron chi connectivity index (χ2n) is 14.2. The molecule has 2 saturated heterocycles. The third kappa shape index (κ3) is 14.7. The number of hydroxylamine groups is 1. The van der Waals surface area contributed by atoms with Crippen LogP contribution in [0.25, 0.3) is 0 Å². The number of aliphatic hydroxyl groups is 2. The third-order valence-electron chi connectivity index (χ3n) is 10.3. The highest BCUT2D eigenvalue weighted by atomic mass is 16.6. The molecule has 0 aromatic carbocycles. The molecule has 4 N–H and O–H groups in total. The van der Waals surface area contributed by atoms with E-state index in [0.717, 1.165) is 89.0 Å². The van der Waals surface area contributed by atoms with Gasteiger partial charge in [-0.2, -0.15) is 0 Å². The van der Waals surface area contributed by atoms with Gasteiger partial charge < -0.3 is 29.6 Å². The first-order valence-electron chi connectivity index (χ1n) is 18.9. The molecule has 0 aromatic heterocycles. The van der Waals surface area contributed by atoms with Crippen molar-refractivity contribution in [1.29, 1.82) is 0 Å². The fourth-order valence-electron chi connectivity index (χ4n) is 7.43. The molecule has 3 rings (SSSR count). The number of aliphatic hydroxyl groups excluding tert-OH is 2. The lowest BCUT2D eigenvalue weighted by Crippen LogP contribution is -2.33. The number of unbranched alkanes of at least 4 members (excludes halogenated alkanes) is 12. The van der Waals surface area contributed by atoms with E-state index < -0.39 is 12.2 Å².